The predicted molar refractivity (Wildman–Crippen MR) is 63.8 cm³/mol. The fourth-order valence-corrected chi connectivity index (χ4v) is 1.34. The SMILES string of the molecule is C=CC(=O)c1nc(OC)c(C(C)C)nc1OC. The Hall–Kier alpha value is -1.91. The van der Waals surface area contributed by atoms with Crippen LogP contribution in [-0.2, 0) is 0 Å². The lowest BCUT2D eigenvalue weighted by Crippen LogP contribution is -2.10. The first-order chi connectivity index (χ1) is 8.04. The van der Waals surface area contributed by atoms with Crippen LogP contribution in [0.15, 0.2) is 12.7 Å². The molecule has 0 saturated carbocycles. The molecule has 0 N–H and O–H groups in total. The van der Waals surface area contributed by atoms with Gasteiger partial charge in [0.25, 0.3) is 0 Å². The highest BCUT2D eigenvalue weighted by molar-refractivity contribution is 6.04. The monoisotopic (exact) mass is 236 g/mol. The Labute approximate surface area is 100 Å². The summed E-state index contributed by atoms with van der Waals surface area (Å²) in [6, 6.07) is 0. The van der Waals surface area contributed by atoms with Gasteiger partial charge in [-0.05, 0) is 6.08 Å². The molecule has 0 radical (unpaired) electrons. The third-order valence-electron chi connectivity index (χ3n) is 2.21. The Kier molecular flexibility index (Phi) is 4.20. The predicted octanol–water partition coefficient (Wildman–Crippen LogP) is 1.99. The Balaban J connectivity index is 3.42. The molecule has 5 heteroatoms. The van der Waals surface area contributed by atoms with Crippen molar-refractivity contribution in [2.45, 2.75) is 19.8 Å². The van der Waals surface area contributed by atoms with E-state index in [9.17, 15) is 4.79 Å². The molecule has 1 rings (SSSR count). The summed E-state index contributed by atoms with van der Waals surface area (Å²) in [5, 5.41) is 0. The lowest BCUT2D eigenvalue weighted by atomic mass is 10.1. The lowest BCUT2D eigenvalue weighted by Gasteiger charge is -2.13. The number of methoxy groups -OCH3 is 2. The van der Waals surface area contributed by atoms with Gasteiger partial charge in [0.1, 0.15) is 5.69 Å². The Bertz CT molecular complexity index is 442. The molecule has 0 spiro atoms. The zero-order chi connectivity index (χ0) is 13.0. The molecule has 1 aromatic heterocycles. The number of hydrogen-bond acceptors (Lipinski definition) is 5. The minimum atomic E-state index is -0.344. The molecule has 0 saturated heterocycles. The maximum atomic E-state index is 11.6. The largest absolute Gasteiger partial charge is 0.480 e. The van der Waals surface area contributed by atoms with Crippen molar-refractivity contribution in [1.82, 2.24) is 9.97 Å². The molecule has 0 atom stereocenters. The van der Waals surface area contributed by atoms with E-state index in [2.05, 4.69) is 16.5 Å². The number of aromatic nitrogens is 2. The van der Waals surface area contributed by atoms with Crippen molar-refractivity contribution in [3.05, 3.63) is 24.0 Å². The van der Waals surface area contributed by atoms with E-state index < -0.39 is 0 Å². The fourth-order valence-electron chi connectivity index (χ4n) is 1.34. The van der Waals surface area contributed by atoms with E-state index in [1.807, 2.05) is 13.8 Å². The van der Waals surface area contributed by atoms with Crippen molar-refractivity contribution in [3.63, 3.8) is 0 Å². The van der Waals surface area contributed by atoms with Gasteiger partial charge in [-0.25, -0.2) is 9.97 Å². The molecule has 0 aliphatic rings. The van der Waals surface area contributed by atoms with Gasteiger partial charge in [-0.3, -0.25) is 4.79 Å². The van der Waals surface area contributed by atoms with Crippen molar-refractivity contribution < 1.29 is 14.3 Å². The quantitative estimate of drug-likeness (QED) is 0.578. The van der Waals surface area contributed by atoms with Crippen molar-refractivity contribution in [3.8, 4) is 11.8 Å². The highest BCUT2D eigenvalue weighted by atomic mass is 16.5. The van der Waals surface area contributed by atoms with Gasteiger partial charge >= 0.3 is 0 Å². The summed E-state index contributed by atoms with van der Waals surface area (Å²) in [6.45, 7) is 7.33. The molecule has 0 bridgehead atoms. The second kappa shape index (κ2) is 5.43. The lowest BCUT2D eigenvalue weighted by molar-refractivity contribution is 0.103. The van der Waals surface area contributed by atoms with Crippen LogP contribution in [0.5, 0.6) is 11.8 Å². The minimum absolute atomic E-state index is 0.115. The second-order valence-corrected chi connectivity index (χ2v) is 3.70. The Morgan fingerprint density at radius 1 is 1.24 bits per heavy atom. The zero-order valence-electron chi connectivity index (χ0n) is 10.5. The van der Waals surface area contributed by atoms with Crippen LogP contribution in [0.3, 0.4) is 0 Å². The molecule has 1 heterocycles. The summed E-state index contributed by atoms with van der Waals surface area (Å²) >= 11 is 0. The van der Waals surface area contributed by atoms with Crippen molar-refractivity contribution in [2.24, 2.45) is 0 Å². The molecular formula is C12H16N2O3. The Morgan fingerprint density at radius 3 is 2.24 bits per heavy atom. The summed E-state index contributed by atoms with van der Waals surface area (Å²) in [7, 11) is 2.94. The first-order valence-corrected chi connectivity index (χ1v) is 5.21. The summed E-state index contributed by atoms with van der Waals surface area (Å²) in [5.74, 6) is 0.313. The van der Waals surface area contributed by atoms with E-state index in [0.717, 1.165) is 0 Å². The minimum Gasteiger partial charge on any atom is -0.480 e. The van der Waals surface area contributed by atoms with Gasteiger partial charge in [0, 0.05) is 5.92 Å². The van der Waals surface area contributed by atoms with Gasteiger partial charge in [0.2, 0.25) is 17.5 Å². The van der Waals surface area contributed by atoms with Gasteiger partial charge < -0.3 is 9.47 Å². The summed E-state index contributed by atoms with van der Waals surface area (Å²) in [6.07, 6.45) is 1.17. The van der Waals surface area contributed by atoms with Crippen LogP contribution in [0, 0.1) is 0 Å². The van der Waals surface area contributed by atoms with Crippen LogP contribution in [-0.4, -0.2) is 30.0 Å². The van der Waals surface area contributed by atoms with Gasteiger partial charge in [0.15, 0.2) is 5.69 Å². The molecule has 0 aliphatic heterocycles. The van der Waals surface area contributed by atoms with Crippen LogP contribution in [0.2, 0.25) is 0 Å². The van der Waals surface area contributed by atoms with Gasteiger partial charge in [-0.1, -0.05) is 20.4 Å². The van der Waals surface area contributed by atoms with Crippen molar-refractivity contribution in [1.29, 1.82) is 0 Å². The highest BCUT2D eigenvalue weighted by Crippen LogP contribution is 2.27. The maximum Gasteiger partial charge on any atom is 0.244 e. The van der Waals surface area contributed by atoms with Crippen molar-refractivity contribution in [2.75, 3.05) is 14.2 Å². The first-order valence-electron chi connectivity index (χ1n) is 5.21. The van der Waals surface area contributed by atoms with Crippen LogP contribution in [0.25, 0.3) is 0 Å². The number of rotatable bonds is 5. The topological polar surface area (TPSA) is 61.3 Å². The second-order valence-electron chi connectivity index (χ2n) is 3.70. The molecule has 0 amide bonds. The highest BCUT2D eigenvalue weighted by Gasteiger charge is 2.20. The standard InChI is InChI=1S/C12H16N2O3/c1-6-8(15)10-12(17-5)13-9(7(2)3)11(14-10)16-4/h6-7H,1H2,2-5H3. The molecule has 0 aromatic carbocycles. The molecule has 17 heavy (non-hydrogen) atoms. The zero-order valence-corrected chi connectivity index (χ0v) is 10.5. The van der Waals surface area contributed by atoms with Crippen LogP contribution in [0.1, 0.15) is 35.9 Å². The van der Waals surface area contributed by atoms with E-state index in [1.165, 1.54) is 20.3 Å². The molecule has 1 aromatic rings. The Morgan fingerprint density at radius 2 is 1.82 bits per heavy atom. The van der Waals surface area contributed by atoms with Gasteiger partial charge in [-0.2, -0.15) is 0 Å². The smallest absolute Gasteiger partial charge is 0.244 e. The van der Waals surface area contributed by atoms with E-state index >= 15 is 0 Å². The molecular weight excluding hydrogens is 220 g/mol. The van der Waals surface area contributed by atoms with Crippen LogP contribution in [0.4, 0.5) is 0 Å². The number of carbonyl (C=O) groups is 1. The third-order valence-corrected chi connectivity index (χ3v) is 2.21. The maximum absolute atomic E-state index is 11.6. The number of carbonyl (C=O) groups excluding carboxylic acids is 1. The molecule has 0 aliphatic carbocycles. The van der Waals surface area contributed by atoms with Crippen LogP contribution < -0.4 is 9.47 Å². The molecule has 0 fully saturated rings. The third kappa shape index (κ3) is 2.61. The summed E-state index contributed by atoms with van der Waals surface area (Å²) < 4.78 is 10.2. The number of allylic oxidation sites excluding steroid dienone is 1. The van der Waals surface area contributed by atoms with E-state index in [4.69, 9.17) is 9.47 Å². The van der Waals surface area contributed by atoms with E-state index in [-0.39, 0.29) is 23.3 Å². The van der Waals surface area contributed by atoms with E-state index in [0.29, 0.717) is 11.6 Å². The summed E-state index contributed by atoms with van der Waals surface area (Å²) in [5.41, 5.74) is 0.772. The van der Waals surface area contributed by atoms with Crippen LogP contribution >= 0.6 is 0 Å². The number of ketones is 1. The average molecular weight is 236 g/mol. The molecule has 5 nitrogen and oxygen atoms in total. The number of nitrogens with zero attached hydrogens (tertiary/aromatic N) is 2. The average Bonchev–Trinajstić information content (AvgIpc) is 2.35. The van der Waals surface area contributed by atoms with Crippen molar-refractivity contribution >= 4 is 5.78 Å². The number of ether oxygens (including phenoxy) is 2. The summed E-state index contributed by atoms with van der Waals surface area (Å²) in [4.78, 5) is 20.0. The van der Waals surface area contributed by atoms with Gasteiger partial charge in [0.05, 0.1) is 14.2 Å². The normalized spacial score (nSPS) is 10.2. The van der Waals surface area contributed by atoms with Gasteiger partial charge in [-0.15, -0.1) is 0 Å². The number of hydrogen-bond donors (Lipinski definition) is 0. The molecule has 0 unspecified atom stereocenters. The molecule has 92 valence electrons. The fraction of sp³-hybridized carbons (Fsp3) is 0.417. The van der Waals surface area contributed by atoms with E-state index in [1.54, 1.807) is 0 Å². The first kappa shape index (κ1) is 13.2.